The standard InChI is InChI=1S/C29H24FN3O3/c1-16-13-14-22-21(15-16)33-24(18-10-6-5-9-17(18)2)23-25(31(3)29(35)32(4)28(23)34)26(33)27(36-22)19-11-7-8-12-20(19)30/h5-15,27H,1-4H3/t27-/m1/s1. The lowest BCUT2D eigenvalue weighted by Gasteiger charge is -2.30. The lowest BCUT2D eigenvalue weighted by molar-refractivity contribution is 0.224. The van der Waals surface area contributed by atoms with Crippen molar-refractivity contribution in [1.29, 1.82) is 0 Å². The van der Waals surface area contributed by atoms with E-state index in [1.807, 2.05) is 60.9 Å². The number of aryl methyl sites for hydroxylation is 3. The van der Waals surface area contributed by atoms with Crippen molar-refractivity contribution in [3.05, 3.63) is 116 Å². The molecule has 0 saturated carbocycles. The molecule has 2 aromatic heterocycles. The molecular weight excluding hydrogens is 457 g/mol. The largest absolute Gasteiger partial charge is 0.477 e. The van der Waals surface area contributed by atoms with E-state index in [2.05, 4.69) is 0 Å². The highest BCUT2D eigenvalue weighted by molar-refractivity contribution is 5.99. The van der Waals surface area contributed by atoms with E-state index in [-0.39, 0.29) is 0 Å². The van der Waals surface area contributed by atoms with Crippen LogP contribution in [-0.2, 0) is 14.1 Å². The van der Waals surface area contributed by atoms with Crippen LogP contribution in [0.4, 0.5) is 4.39 Å². The Morgan fingerprint density at radius 2 is 1.61 bits per heavy atom. The molecule has 0 fully saturated rings. The van der Waals surface area contributed by atoms with Crippen molar-refractivity contribution < 1.29 is 9.13 Å². The number of benzene rings is 3. The highest BCUT2D eigenvalue weighted by Crippen LogP contribution is 2.47. The predicted molar refractivity (Wildman–Crippen MR) is 138 cm³/mol. The van der Waals surface area contributed by atoms with Crippen LogP contribution in [0.5, 0.6) is 5.75 Å². The lowest BCUT2D eigenvalue weighted by atomic mass is 10.0. The molecule has 0 amide bonds. The number of hydrogen-bond donors (Lipinski definition) is 0. The van der Waals surface area contributed by atoms with Crippen molar-refractivity contribution >= 4 is 10.9 Å². The van der Waals surface area contributed by atoms with E-state index < -0.39 is 23.2 Å². The Bertz CT molecular complexity index is 1830. The number of halogens is 1. The minimum Gasteiger partial charge on any atom is -0.477 e. The maximum absolute atomic E-state index is 15.2. The van der Waals surface area contributed by atoms with Crippen LogP contribution in [0.2, 0.25) is 0 Å². The van der Waals surface area contributed by atoms with Crippen molar-refractivity contribution in [2.24, 2.45) is 14.1 Å². The van der Waals surface area contributed by atoms with Crippen LogP contribution >= 0.6 is 0 Å². The van der Waals surface area contributed by atoms with Gasteiger partial charge in [0.25, 0.3) is 5.56 Å². The van der Waals surface area contributed by atoms with Gasteiger partial charge in [-0.25, -0.2) is 9.18 Å². The van der Waals surface area contributed by atoms with Crippen molar-refractivity contribution in [2.75, 3.05) is 0 Å². The van der Waals surface area contributed by atoms with Crippen LogP contribution in [0.1, 0.15) is 28.5 Å². The minimum absolute atomic E-state index is 0.328. The highest BCUT2D eigenvalue weighted by atomic mass is 19.1. The number of rotatable bonds is 2. The molecule has 1 atom stereocenters. The second-order valence-corrected chi connectivity index (χ2v) is 9.30. The summed E-state index contributed by atoms with van der Waals surface area (Å²) in [5, 5.41) is 0.392. The summed E-state index contributed by atoms with van der Waals surface area (Å²) in [6.07, 6.45) is -0.876. The third kappa shape index (κ3) is 2.95. The second-order valence-electron chi connectivity index (χ2n) is 9.30. The number of nitrogens with zero attached hydrogens (tertiary/aromatic N) is 3. The number of aromatic nitrogens is 3. The van der Waals surface area contributed by atoms with E-state index in [1.165, 1.54) is 17.7 Å². The molecular formula is C29H24FN3O3. The fraction of sp³-hybridized carbons (Fsp3) is 0.172. The zero-order chi connectivity index (χ0) is 25.3. The topological polar surface area (TPSA) is 58.2 Å². The zero-order valence-electron chi connectivity index (χ0n) is 20.4. The molecule has 0 N–H and O–H groups in total. The average molecular weight is 482 g/mol. The summed E-state index contributed by atoms with van der Waals surface area (Å²) in [7, 11) is 3.11. The van der Waals surface area contributed by atoms with Gasteiger partial charge >= 0.3 is 5.69 Å². The molecule has 0 saturated heterocycles. The van der Waals surface area contributed by atoms with Crippen LogP contribution in [0.25, 0.3) is 27.8 Å². The SMILES string of the molecule is Cc1ccc2c(c1)-n1c(-c3ccccc3C)c3c(=O)n(C)c(=O)n(C)c3c1[C@@H](c1ccccc1F)O2. The molecule has 0 radical (unpaired) electrons. The van der Waals surface area contributed by atoms with Gasteiger partial charge in [-0.15, -0.1) is 0 Å². The van der Waals surface area contributed by atoms with Gasteiger partial charge in [0.15, 0.2) is 6.10 Å². The maximum Gasteiger partial charge on any atom is 0.331 e. The van der Waals surface area contributed by atoms with Gasteiger partial charge in [0.2, 0.25) is 0 Å². The van der Waals surface area contributed by atoms with Crippen molar-refractivity contribution in [3.8, 4) is 22.7 Å². The van der Waals surface area contributed by atoms with Crippen LogP contribution in [-0.4, -0.2) is 13.7 Å². The normalized spacial score (nSPS) is 14.4. The summed E-state index contributed by atoms with van der Waals surface area (Å²) in [6.45, 7) is 3.97. The Morgan fingerprint density at radius 1 is 0.889 bits per heavy atom. The molecule has 1 aliphatic heterocycles. The zero-order valence-corrected chi connectivity index (χ0v) is 20.4. The van der Waals surface area contributed by atoms with Gasteiger partial charge in [-0.05, 0) is 43.2 Å². The van der Waals surface area contributed by atoms with Gasteiger partial charge in [-0.1, -0.05) is 48.5 Å². The van der Waals surface area contributed by atoms with Gasteiger partial charge in [0.1, 0.15) is 11.6 Å². The van der Waals surface area contributed by atoms with Crippen molar-refractivity contribution in [1.82, 2.24) is 13.7 Å². The molecule has 6 nitrogen and oxygen atoms in total. The first-order valence-corrected chi connectivity index (χ1v) is 11.7. The third-order valence-corrected chi connectivity index (χ3v) is 7.04. The summed E-state index contributed by atoms with van der Waals surface area (Å²) in [5.41, 5.74) is 4.66. The monoisotopic (exact) mass is 481 g/mol. The van der Waals surface area contributed by atoms with Crippen molar-refractivity contribution in [2.45, 2.75) is 20.0 Å². The Labute approximate surface area is 206 Å². The number of ether oxygens (including phenoxy) is 1. The second kappa shape index (κ2) is 7.81. The van der Waals surface area contributed by atoms with Gasteiger partial charge in [-0.3, -0.25) is 13.9 Å². The minimum atomic E-state index is -0.876. The van der Waals surface area contributed by atoms with E-state index in [0.29, 0.717) is 33.6 Å². The summed E-state index contributed by atoms with van der Waals surface area (Å²) in [5.74, 6) is 0.142. The third-order valence-electron chi connectivity index (χ3n) is 7.04. The first kappa shape index (κ1) is 22.1. The summed E-state index contributed by atoms with van der Waals surface area (Å²) in [4.78, 5) is 26.8. The maximum atomic E-state index is 15.2. The first-order chi connectivity index (χ1) is 17.3. The van der Waals surface area contributed by atoms with Crippen LogP contribution in [0.15, 0.2) is 76.3 Å². The van der Waals surface area contributed by atoms with Crippen LogP contribution < -0.4 is 16.0 Å². The quantitative estimate of drug-likeness (QED) is 0.359. The molecule has 0 aliphatic carbocycles. The molecule has 1 aliphatic rings. The molecule has 7 heteroatoms. The summed E-state index contributed by atoms with van der Waals surface area (Å²) < 4.78 is 26.2. The Morgan fingerprint density at radius 3 is 2.36 bits per heavy atom. The highest BCUT2D eigenvalue weighted by Gasteiger charge is 2.37. The molecule has 5 aromatic rings. The predicted octanol–water partition coefficient (Wildman–Crippen LogP) is 4.93. The molecule has 0 spiro atoms. The fourth-order valence-corrected chi connectivity index (χ4v) is 5.26. The van der Waals surface area contributed by atoms with E-state index in [4.69, 9.17) is 4.74 Å². The fourth-order valence-electron chi connectivity index (χ4n) is 5.26. The van der Waals surface area contributed by atoms with Gasteiger partial charge in [0.05, 0.1) is 28.0 Å². The van der Waals surface area contributed by atoms with Gasteiger partial charge < -0.3 is 9.30 Å². The van der Waals surface area contributed by atoms with E-state index in [9.17, 15) is 9.59 Å². The smallest absolute Gasteiger partial charge is 0.331 e. The van der Waals surface area contributed by atoms with Gasteiger partial charge in [0, 0.05) is 25.2 Å². The van der Waals surface area contributed by atoms with Crippen LogP contribution in [0.3, 0.4) is 0 Å². The van der Waals surface area contributed by atoms with E-state index in [0.717, 1.165) is 26.9 Å². The Hall–Kier alpha value is -4.39. The van der Waals surface area contributed by atoms with E-state index >= 15 is 4.39 Å². The molecule has 6 rings (SSSR count). The summed E-state index contributed by atoms with van der Waals surface area (Å²) in [6, 6.07) is 20.0. The average Bonchev–Trinajstić information content (AvgIpc) is 3.23. The molecule has 36 heavy (non-hydrogen) atoms. The Kier molecular flexibility index (Phi) is 4.80. The molecule has 0 bridgehead atoms. The summed E-state index contributed by atoms with van der Waals surface area (Å²) >= 11 is 0. The van der Waals surface area contributed by atoms with Gasteiger partial charge in [-0.2, -0.15) is 0 Å². The molecule has 3 aromatic carbocycles. The molecule has 3 heterocycles. The van der Waals surface area contributed by atoms with E-state index in [1.54, 1.807) is 25.2 Å². The Balaban J connectivity index is 1.91. The lowest BCUT2D eigenvalue weighted by Crippen LogP contribution is -2.37. The first-order valence-electron chi connectivity index (χ1n) is 11.7. The van der Waals surface area contributed by atoms with Crippen molar-refractivity contribution in [3.63, 3.8) is 0 Å². The van der Waals surface area contributed by atoms with Crippen LogP contribution in [0, 0.1) is 19.7 Å². The number of fused-ring (bicyclic) bond motifs is 5. The molecule has 0 unspecified atom stereocenters. The number of hydrogen-bond acceptors (Lipinski definition) is 3. The molecule has 180 valence electrons.